The third kappa shape index (κ3) is 3.52. The van der Waals surface area contributed by atoms with Crippen LogP contribution in [0.15, 0.2) is 36.4 Å². The first-order valence-corrected chi connectivity index (χ1v) is 15.4. The molecular weight excluding hydrogens is 522 g/mol. The van der Waals surface area contributed by atoms with Crippen LogP contribution in [0.2, 0.25) is 0 Å². The molecule has 5 aliphatic carbocycles. The Balaban J connectivity index is 1.34. The van der Waals surface area contributed by atoms with Crippen LogP contribution in [0.25, 0.3) is 6.08 Å². The Kier molecular flexibility index (Phi) is 6.73. The first-order chi connectivity index (χ1) is 19.8. The van der Waals surface area contributed by atoms with E-state index in [1.807, 2.05) is 30.3 Å². The predicted octanol–water partition coefficient (Wildman–Crippen LogP) is 2.77. The zero-order valence-electron chi connectivity index (χ0n) is 24.6. The number of piperidine rings is 1. The van der Waals surface area contributed by atoms with Gasteiger partial charge in [0.1, 0.15) is 6.10 Å². The minimum absolute atomic E-state index is 0.0161. The van der Waals surface area contributed by atoms with Gasteiger partial charge in [-0.3, -0.25) is 4.90 Å². The van der Waals surface area contributed by atoms with Gasteiger partial charge in [-0.1, -0.05) is 37.3 Å². The van der Waals surface area contributed by atoms with Crippen molar-refractivity contribution in [3.8, 4) is 0 Å². The molecule has 4 unspecified atom stereocenters. The Morgan fingerprint density at radius 3 is 2.59 bits per heavy atom. The van der Waals surface area contributed by atoms with Crippen molar-refractivity contribution in [1.29, 1.82) is 0 Å². The number of hydrogen-bond acceptors (Lipinski definition) is 8. The highest BCUT2D eigenvalue weighted by atomic mass is 16.5. The normalized spacial score (nSPS) is 49.4. The summed E-state index contributed by atoms with van der Waals surface area (Å²) >= 11 is 0. The van der Waals surface area contributed by atoms with Crippen molar-refractivity contribution in [2.45, 2.75) is 68.7 Å². The van der Waals surface area contributed by atoms with Crippen LogP contribution in [-0.2, 0) is 23.7 Å². The first kappa shape index (κ1) is 28.0. The van der Waals surface area contributed by atoms with Crippen LogP contribution in [0.5, 0.6) is 0 Å². The molecule has 5 saturated carbocycles. The molecule has 41 heavy (non-hydrogen) atoms. The third-order valence-corrected chi connectivity index (χ3v) is 12.6. The zero-order valence-corrected chi connectivity index (χ0v) is 24.6. The number of carbonyl (C=O) groups excluding carboxylic acids is 1. The van der Waals surface area contributed by atoms with Gasteiger partial charge >= 0.3 is 5.97 Å². The monoisotopic (exact) mass is 567 g/mol. The molecule has 6 fully saturated rings. The molecule has 2 N–H and O–H groups in total. The Hall–Kier alpha value is -1.81. The highest BCUT2D eigenvalue weighted by Crippen LogP contribution is 2.79. The lowest BCUT2D eigenvalue weighted by Crippen LogP contribution is -2.76. The van der Waals surface area contributed by atoms with Gasteiger partial charge in [0, 0.05) is 80.9 Å². The lowest BCUT2D eigenvalue weighted by Gasteiger charge is -2.68. The molecule has 0 amide bonds. The Bertz CT molecular complexity index is 1190. The molecule has 0 aromatic heterocycles. The molecule has 1 aliphatic heterocycles. The van der Waals surface area contributed by atoms with Crippen LogP contribution in [0.4, 0.5) is 0 Å². The van der Waals surface area contributed by atoms with Gasteiger partial charge in [0.05, 0.1) is 30.5 Å². The van der Waals surface area contributed by atoms with Gasteiger partial charge in [-0.2, -0.15) is 0 Å². The fourth-order valence-corrected chi connectivity index (χ4v) is 11.7. The van der Waals surface area contributed by atoms with E-state index in [-0.39, 0.29) is 53.3 Å². The van der Waals surface area contributed by atoms with Crippen LogP contribution in [-0.4, -0.2) is 98.2 Å². The van der Waals surface area contributed by atoms with E-state index in [2.05, 4.69) is 11.8 Å². The van der Waals surface area contributed by atoms with Crippen LogP contribution in [0.3, 0.4) is 0 Å². The van der Waals surface area contributed by atoms with Crippen LogP contribution in [0.1, 0.15) is 38.2 Å². The summed E-state index contributed by atoms with van der Waals surface area (Å²) in [6, 6.07) is 9.68. The summed E-state index contributed by atoms with van der Waals surface area (Å²) in [5.41, 5.74) is -0.881. The molecule has 8 nitrogen and oxygen atoms in total. The number of carbonyl (C=O) groups is 1. The van der Waals surface area contributed by atoms with Gasteiger partial charge in [-0.15, -0.1) is 0 Å². The second-order valence-corrected chi connectivity index (χ2v) is 13.7. The van der Waals surface area contributed by atoms with Crippen LogP contribution < -0.4 is 0 Å². The van der Waals surface area contributed by atoms with E-state index in [0.29, 0.717) is 19.4 Å². The number of fused-ring (bicyclic) bond motifs is 2. The molecular formula is C33H45NO7. The van der Waals surface area contributed by atoms with Crippen molar-refractivity contribution in [3.63, 3.8) is 0 Å². The largest absolute Gasteiger partial charge is 0.458 e. The van der Waals surface area contributed by atoms with E-state index in [4.69, 9.17) is 18.9 Å². The molecule has 1 saturated heterocycles. The average Bonchev–Trinajstić information content (AvgIpc) is 3.41. The van der Waals surface area contributed by atoms with E-state index in [1.54, 1.807) is 27.4 Å². The summed E-state index contributed by atoms with van der Waals surface area (Å²) in [5.74, 6) is -0.947. The molecule has 6 aliphatic rings. The van der Waals surface area contributed by atoms with Crippen LogP contribution >= 0.6 is 0 Å². The maximum Gasteiger partial charge on any atom is 0.331 e. The van der Waals surface area contributed by atoms with E-state index < -0.39 is 29.2 Å². The highest BCUT2D eigenvalue weighted by molar-refractivity contribution is 5.87. The fraction of sp³-hybridized carbons (Fsp3) is 0.727. The number of methoxy groups -OCH3 is 3. The van der Waals surface area contributed by atoms with E-state index in [1.165, 1.54) is 6.08 Å². The summed E-state index contributed by atoms with van der Waals surface area (Å²) in [4.78, 5) is 15.8. The van der Waals surface area contributed by atoms with Gasteiger partial charge in [-0.25, -0.2) is 4.79 Å². The van der Waals surface area contributed by atoms with Crippen molar-refractivity contribution in [3.05, 3.63) is 42.0 Å². The van der Waals surface area contributed by atoms with Crippen molar-refractivity contribution >= 4 is 12.0 Å². The highest BCUT2D eigenvalue weighted by Gasteiger charge is 2.86. The molecule has 13 atom stereocenters. The summed E-state index contributed by atoms with van der Waals surface area (Å²) in [6.07, 6.45) is 4.57. The lowest BCUT2D eigenvalue weighted by atomic mass is 9.43. The molecule has 1 spiro atoms. The number of aliphatic hydroxyl groups excluding tert-OH is 1. The minimum atomic E-state index is -1.16. The standard InChI is InChI=1S/C33H45NO7/c1-5-34-17-31(18-38-2)14-13-23(35)33-21-15-20-22(39-3)16-32(37,26(30(33)34)28(40-4)29(31)33)25(21)27(20)41-24(36)12-11-19-9-7-6-8-10-19/h6-12,20-23,25-30,35,37H,5,13-18H2,1-4H3/b12-11+/t20-,21?,22+,23+,25?,26+,27+,28+,29?,30?,31+,32-,33+/m1/s1. The van der Waals surface area contributed by atoms with Gasteiger partial charge in [0.25, 0.3) is 0 Å². The third-order valence-electron chi connectivity index (χ3n) is 12.6. The van der Waals surface area contributed by atoms with Crippen molar-refractivity contribution in [2.75, 3.05) is 41.0 Å². The number of ether oxygens (including phenoxy) is 4. The lowest BCUT2D eigenvalue weighted by molar-refractivity contribution is -0.273. The number of benzene rings is 1. The number of nitrogens with zero attached hydrogens (tertiary/aromatic N) is 1. The molecule has 1 aromatic rings. The number of likely N-dealkylation sites (tertiary alicyclic amines) is 1. The van der Waals surface area contributed by atoms with Crippen molar-refractivity contribution in [2.24, 2.45) is 40.4 Å². The summed E-state index contributed by atoms with van der Waals surface area (Å²) in [7, 11) is 5.24. The second kappa shape index (κ2) is 9.86. The first-order valence-electron chi connectivity index (χ1n) is 15.4. The molecule has 0 radical (unpaired) electrons. The van der Waals surface area contributed by atoms with E-state index >= 15 is 0 Å². The molecule has 7 rings (SSSR count). The summed E-state index contributed by atoms with van der Waals surface area (Å²) < 4.78 is 24.7. The SMILES string of the molecule is CCN1C[C@]2(COC)CC[C@H](O)[C@]34C5C[C@@H]6[C@@H](OC)C[C@@](O)(C5[C@H]6OC(=O)/C=C/c5ccccc5)[C@H](C13)[C@H](OC)C24. The maximum absolute atomic E-state index is 13.3. The summed E-state index contributed by atoms with van der Waals surface area (Å²) in [6.45, 7) is 4.50. The topological polar surface area (TPSA) is 97.7 Å². The number of esters is 1. The molecule has 1 aromatic carbocycles. The van der Waals surface area contributed by atoms with Gasteiger partial charge < -0.3 is 29.2 Å². The molecule has 1 heterocycles. The second-order valence-electron chi connectivity index (χ2n) is 13.7. The Morgan fingerprint density at radius 1 is 1.12 bits per heavy atom. The smallest absolute Gasteiger partial charge is 0.331 e. The van der Waals surface area contributed by atoms with E-state index in [0.717, 1.165) is 31.5 Å². The summed E-state index contributed by atoms with van der Waals surface area (Å²) in [5, 5.41) is 25.2. The minimum Gasteiger partial charge on any atom is -0.458 e. The molecule has 224 valence electrons. The number of hydrogen-bond donors (Lipinski definition) is 2. The van der Waals surface area contributed by atoms with Crippen LogP contribution in [0, 0.1) is 40.4 Å². The Labute approximate surface area is 243 Å². The molecule has 7 bridgehead atoms. The number of rotatable bonds is 8. The van der Waals surface area contributed by atoms with Gasteiger partial charge in [-0.05, 0) is 43.4 Å². The molecule has 8 heteroatoms. The quantitative estimate of drug-likeness (QED) is 0.366. The van der Waals surface area contributed by atoms with Gasteiger partial charge in [0.2, 0.25) is 0 Å². The Morgan fingerprint density at radius 2 is 1.90 bits per heavy atom. The van der Waals surface area contributed by atoms with Crippen molar-refractivity contribution in [1.82, 2.24) is 4.90 Å². The predicted molar refractivity (Wildman–Crippen MR) is 152 cm³/mol. The van der Waals surface area contributed by atoms with Crippen molar-refractivity contribution < 1.29 is 34.0 Å². The zero-order chi connectivity index (χ0) is 28.7. The maximum atomic E-state index is 13.3. The number of aliphatic hydroxyl groups is 2. The fourth-order valence-electron chi connectivity index (χ4n) is 11.7. The average molecular weight is 568 g/mol. The van der Waals surface area contributed by atoms with Gasteiger partial charge in [0.15, 0.2) is 0 Å². The van der Waals surface area contributed by atoms with E-state index in [9.17, 15) is 15.0 Å².